The Kier molecular flexibility index (Phi) is 5.21. The molecule has 0 aromatic heterocycles. The highest BCUT2D eigenvalue weighted by molar-refractivity contribution is 7.89. The van der Waals surface area contributed by atoms with E-state index in [0.717, 1.165) is 0 Å². The van der Waals surface area contributed by atoms with Crippen LogP contribution in [0.5, 0.6) is 5.75 Å². The molecule has 0 amide bonds. The number of nitrogens with one attached hydrogen (secondary N) is 1. The van der Waals surface area contributed by atoms with E-state index in [0.29, 0.717) is 12.4 Å². The predicted octanol–water partition coefficient (Wildman–Crippen LogP) is 0.991. The van der Waals surface area contributed by atoms with Crippen LogP contribution in [-0.2, 0) is 10.0 Å². The van der Waals surface area contributed by atoms with Gasteiger partial charge in [0.2, 0.25) is 10.0 Å². The molecule has 0 bridgehead atoms. The van der Waals surface area contributed by atoms with Gasteiger partial charge in [0.1, 0.15) is 12.4 Å². The van der Waals surface area contributed by atoms with Gasteiger partial charge >= 0.3 is 0 Å². The summed E-state index contributed by atoms with van der Waals surface area (Å²) in [5.41, 5.74) is 0. The summed E-state index contributed by atoms with van der Waals surface area (Å²) in [5, 5.41) is 8.36. The molecule has 2 N–H and O–H groups in total. The van der Waals surface area contributed by atoms with Crippen LogP contribution in [0.4, 0.5) is 8.78 Å². The standard InChI is InChI=1S/C11H15F2NO4S/c1-2-18-9-3-5-10(6-4-9)19(16,17)14-7-11(12,13)8-15/h3-6,14-15H,2,7-8H2,1H3. The van der Waals surface area contributed by atoms with Crippen molar-refractivity contribution in [2.24, 2.45) is 0 Å². The van der Waals surface area contributed by atoms with Crippen molar-refractivity contribution in [1.82, 2.24) is 4.72 Å². The van der Waals surface area contributed by atoms with E-state index in [1.54, 1.807) is 11.6 Å². The fraction of sp³-hybridized carbons (Fsp3) is 0.455. The van der Waals surface area contributed by atoms with E-state index in [2.05, 4.69) is 0 Å². The van der Waals surface area contributed by atoms with E-state index in [9.17, 15) is 17.2 Å². The number of hydrogen-bond donors (Lipinski definition) is 2. The molecule has 0 saturated carbocycles. The molecular weight excluding hydrogens is 280 g/mol. The summed E-state index contributed by atoms with van der Waals surface area (Å²) in [4.78, 5) is -0.148. The fourth-order valence-electron chi connectivity index (χ4n) is 1.22. The molecule has 0 aliphatic heterocycles. The second-order valence-corrected chi connectivity index (χ2v) is 5.51. The molecule has 1 aromatic rings. The predicted molar refractivity (Wildman–Crippen MR) is 64.8 cm³/mol. The van der Waals surface area contributed by atoms with Gasteiger partial charge in [-0.1, -0.05) is 0 Å². The molecule has 1 rings (SSSR count). The van der Waals surface area contributed by atoms with Crippen molar-refractivity contribution in [3.63, 3.8) is 0 Å². The molecule has 0 aliphatic carbocycles. The summed E-state index contributed by atoms with van der Waals surface area (Å²) in [5.74, 6) is -3.00. The number of benzene rings is 1. The van der Waals surface area contributed by atoms with Crippen molar-refractivity contribution in [2.45, 2.75) is 17.7 Å². The van der Waals surface area contributed by atoms with Crippen molar-refractivity contribution < 1.29 is 27.0 Å². The van der Waals surface area contributed by atoms with Crippen molar-refractivity contribution >= 4 is 10.0 Å². The number of hydrogen-bond acceptors (Lipinski definition) is 4. The quantitative estimate of drug-likeness (QED) is 0.786. The van der Waals surface area contributed by atoms with Gasteiger partial charge in [0.15, 0.2) is 0 Å². The van der Waals surface area contributed by atoms with Crippen molar-refractivity contribution in [1.29, 1.82) is 0 Å². The summed E-state index contributed by atoms with van der Waals surface area (Å²) >= 11 is 0. The Morgan fingerprint density at radius 3 is 2.37 bits per heavy atom. The average molecular weight is 295 g/mol. The topological polar surface area (TPSA) is 75.6 Å². The monoisotopic (exact) mass is 295 g/mol. The molecule has 0 unspecified atom stereocenters. The van der Waals surface area contributed by atoms with Gasteiger partial charge in [-0.3, -0.25) is 0 Å². The van der Waals surface area contributed by atoms with Gasteiger partial charge in [-0.25, -0.2) is 21.9 Å². The van der Waals surface area contributed by atoms with Crippen LogP contribution in [0.1, 0.15) is 6.92 Å². The van der Waals surface area contributed by atoms with Crippen molar-refractivity contribution in [3.05, 3.63) is 24.3 Å². The number of sulfonamides is 1. The Hall–Kier alpha value is -1.25. The number of ether oxygens (including phenoxy) is 1. The van der Waals surface area contributed by atoms with Crippen LogP contribution in [-0.4, -0.2) is 39.2 Å². The second kappa shape index (κ2) is 6.27. The molecule has 5 nitrogen and oxygen atoms in total. The lowest BCUT2D eigenvalue weighted by Crippen LogP contribution is -2.38. The summed E-state index contributed by atoms with van der Waals surface area (Å²) in [6, 6.07) is 5.37. The third kappa shape index (κ3) is 4.73. The maximum atomic E-state index is 12.8. The highest BCUT2D eigenvalue weighted by Gasteiger charge is 2.30. The Morgan fingerprint density at radius 1 is 1.32 bits per heavy atom. The molecule has 19 heavy (non-hydrogen) atoms. The average Bonchev–Trinajstić information content (AvgIpc) is 2.38. The van der Waals surface area contributed by atoms with Crippen LogP contribution in [0.2, 0.25) is 0 Å². The Labute approximate surface area is 110 Å². The van der Waals surface area contributed by atoms with Crippen LogP contribution in [0.3, 0.4) is 0 Å². The number of halogens is 2. The first kappa shape index (κ1) is 15.8. The summed E-state index contributed by atoms with van der Waals surface area (Å²) < 4.78 is 55.8. The van der Waals surface area contributed by atoms with E-state index in [1.807, 2.05) is 0 Å². The summed E-state index contributed by atoms with van der Waals surface area (Å²) in [6.07, 6.45) is 0. The van der Waals surface area contributed by atoms with Gasteiger partial charge in [0, 0.05) is 0 Å². The Balaban J connectivity index is 2.77. The molecule has 1 aromatic carbocycles. The summed E-state index contributed by atoms with van der Waals surface area (Å²) in [7, 11) is -4.03. The molecular formula is C11H15F2NO4S. The number of alkyl halides is 2. The molecule has 0 aliphatic rings. The van der Waals surface area contributed by atoms with Crippen molar-refractivity contribution in [3.8, 4) is 5.75 Å². The third-order valence-corrected chi connectivity index (χ3v) is 3.61. The molecule has 8 heteroatoms. The zero-order valence-corrected chi connectivity index (χ0v) is 11.1. The molecule has 0 fully saturated rings. The number of rotatable bonds is 7. The van der Waals surface area contributed by atoms with Crippen LogP contribution in [0, 0.1) is 0 Å². The lowest BCUT2D eigenvalue weighted by Gasteiger charge is -2.14. The molecule has 0 heterocycles. The first-order valence-corrected chi connectivity index (χ1v) is 7.00. The minimum atomic E-state index is -4.03. The van der Waals surface area contributed by atoms with Crippen LogP contribution in [0.15, 0.2) is 29.2 Å². The normalized spacial score (nSPS) is 12.4. The lowest BCUT2D eigenvalue weighted by molar-refractivity contribution is -0.0437. The fourth-order valence-corrected chi connectivity index (χ4v) is 2.28. The van der Waals surface area contributed by atoms with Gasteiger partial charge in [0.05, 0.1) is 18.0 Å². The van der Waals surface area contributed by atoms with Crippen LogP contribution in [0.25, 0.3) is 0 Å². The largest absolute Gasteiger partial charge is 0.494 e. The van der Waals surface area contributed by atoms with Gasteiger partial charge < -0.3 is 9.84 Å². The Bertz CT molecular complexity index is 502. The number of aliphatic hydroxyl groups is 1. The maximum absolute atomic E-state index is 12.8. The van der Waals surface area contributed by atoms with E-state index in [1.165, 1.54) is 24.3 Å². The highest BCUT2D eigenvalue weighted by atomic mass is 32.2. The molecule has 108 valence electrons. The Morgan fingerprint density at radius 2 is 1.89 bits per heavy atom. The van der Waals surface area contributed by atoms with Crippen molar-refractivity contribution in [2.75, 3.05) is 19.8 Å². The second-order valence-electron chi connectivity index (χ2n) is 3.74. The van der Waals surface area contributed by atoms with Crippen LogP contribution >= 0.6 is 0 Å². The first-order valence-electron chi connectivity index (χ1n) is 5.52. The summed E-state index contributed by atoms with van der Waals surface area (Å²) in [6.45, 7) is -0.353. The highest BCUT2D eigenvalue weighted by Crippen LogP contribution is 2.17. The molecule has 0 radical (unpaired) electrons. The minimum absolute atomic E-state index is 0.148. The zero-order chi connectivity index (χ0) is 14.5. The number of aliphatic hydroxyl groups excluding tert-OH is 1. The van der Waals surface area contributed by atoms with E-state index in [4.69, 9.17) is 9.84 Å². The van der Waals surface area contributed by atoms with Gasteiger partial charge in [-0.15, -0.1) is 0 Å². The van der Waals surface area contributed by atoms with E-state index >= 15 is 0 Å². The lowest BCUT2D eigenvalue weighted by atomic mass is 10.3. The SMILES string of the molecule is CCOc1ccc(S(=O)(=O)NCC(F)(F)CO)cc1. The van der Waals surface area contributed by atoms with E-state index < -0.39 is 29.1 Å². The minimum Gasteiger partial charge on any atom is -0.494 e. The van der Waals surface area contributed by atoms with E-state index in [-0.39, 0.29) is 4.90 Å². The molecule has 0 atom stereocenters. The maximum Gasteiger partial charge on any atom is 0.283 e. The smallest absolute Gasteiger partial charge is 0.283 e. The van der Waals surface area contributed by atoms with Gasteiger partial charge in [0.25, 0.3) is 5.92 Å². The van der Waals surface area contributed by atoms with Gasteiger partial charge in [-0.05, 0) is 31.2 Å². The molecule has 0 saturated heterocycles. The zero-order valence-electron chi connectivity index (χ0n) is 10.3. The molecule has 0 spiro atoms. The first-order chi connectivity index (χ1) is 8.80. The third-order valence-electron chi connectivity index (χ3n) is 2.20. The van der Waals surface area contributed by atoms with Gasteiger partial charge in [-0.2, -0.15) is 0 Å². The van der Waals surface area contributed by atoms with Crippen LogP contribution < -0.4 is 9.46 Å².